The fourth-order valence-electron chi connectivity index (χ4n) is 2.00. The summed E-state index contributed by atoms with van der Waals surface area (Å²) in [4.78, 5) is 23.3. The van der Waals surface area contributed by atoms with Gasteiger partial charge in [0.2, 0.25) is 0 Å². The number of carbonyl (C=O) groups is 2. The molecule has 0 heterocycles. The van der Waals surface area contributed by atoms with Gasteiger partial charge < -0.3 is 19.7 Å². The van der Waals surface area contributed by atoms with Crippen LogP contribution >= 0.6 is 0 Å². The van der Waals surface area contributed by atoms with Gasteiger partial charge in [0, 0.05) is 18.6 Å². The summed E-state index contributed by atoms with van der Waals surface area (Å²) >= 11 is 0. The Bertz CT molecular complexity index is 515. The van der Waals surface area contributed by atoms with Crippen LogP contribution in [-0.4, -0.2) is 47.4 Å². The first-order chi connectivity index (χ1) is 11.3. The molecule has 0 aromatic heterocycles. The van der Waals surface area contributed by atoms with Gasteiger partial charge in [0.25, 0.3) is 0 Å². The minimum atomic E-state index is -1.41. The van der Waals surface area contributed by atoms with Crippen LogP contribution in [0.3, 0.4) is 0 Å². The Morgan fingerprint density at radius 2 is 1.71 bits per heavy atom. The second kappa shape index (κ2) is 10.1. The van der Waals surface area contributed by atoms with Gasteiger partial charge >= 0.3 is 5.97 Å². The summed E-state index contributed by atoms with van der Waals surface area (Å²) in [5.41, 5.74) is -1.00. The SMILES string of the molecule is CC(C)(O)C(=O)c1ccc(OCCOC(=O)CCCCCO)cc1. The lowest BCUT2D eigenvalue weighted by atomic mass is 9.97. The van der Waals surface area contributed by atoms with E-state index in [2.05, 4.69) is 0 Å². The summed E-state index contributed by atoms with van der Waals surface area (Å²) in [6.45, 7) is 3.41. The maximum atomic E-state index is 11.9. The van der Waals surface area contributed by atoms with Crippen LogP contribution in [0.2, 0.25) is 0 Å². The van der Waals surface area contributed by atoms with E-state index in [1.807, 2.05) is 0 Å². The molecule has 0 spiro atoms. The van der Waals surface area contributed by atoms with Crippen molar-refractivity contribution in [2.75, 3.05) is 19.8 Å². The molecule has 0 aliphatic rings. The van der Waals surface area contributed by atoms with Crippen molar-refractivity contribution >= 4 is 11.8 Å². The van der Waals surface area contributed by atoms with Gasteiger partial charge in [-0.25, -0.2) is 0 Å². The largest absolute Gasteiger partial charge is 0.490 e. The smallest absolute Gasteiger partial charge is 0.305 e. The van der Waals surface area contributed by atoms with Crippen molar-refractivity contribution < 1.29 is 29.3 Å². The van der Waals surface area contributed by atoms with Gasteiger partial charge in [-0.15, -0.1) is 0 Å². The molecule has 134 valence electrons. The molecule has 2 N–H and O–H groups in total. The number of ether oxygens (including phenoxy) is 2. The maximum Gasteiger partial charge on any atom is 0.305 e. The quantitative estimate of drug-likeness (QED) is 0.365. The molecule has 0 radical (unpaired) electrons. The van der Waals surface area contributed by atoms with Gasteiger partial charge in [-0.1, -0.05) is 6.42 Å². The number of carbonyl (C=O) groups excluding carboxylic acids is 2. The number of hydrogen-bond donors (Lipinski definition) is 2. The molecule has 0 bridgehead atoms. The van der Waals surface area contributed by atoms with E-state index < -0.39 is 5.60 Å². The van der Waals surface area contributed by atoms with E-state index >= 15 is 0 Å². The molecule has 0 aliphatic carbocycles. The van der Waals surface area contributed by atoms with Gasteiger partial charge in [-0.3, -0.25) is 9.59 Å². The van der Waals surface area contributed by atoms with Crippen LogP contribution in [-0.2, 0) is 9.53 Å². The number of aliphatic hydroxyl groups is 2. The van der Waals surface area contributed by atoms with Gasteiger partial charge in [0.05, 0.1) is 0 Å². The Morgan fingerprint density at radius 1 is 1.04 bits per heavy atom. The van der Waals surface area contributed by atoms with E-state index in [0.29, 0.717) is 30.6 Å². The molecule has 0 saturated carbocycles. The van der Waals surface area contributed by atoms with E-state index in [0.717, 1.165) is 6.42 Å². The predicted molar refractivity (Wildman–Crippen MR) is 89.1 cm³/mol. The van der Waals surface area contributed by atoms with E-state index in [1.165, 1.54) is 13.8 Å². The maximum absolute atomic E-state index is 11.9. The summed E-state index contributed by atoms with van der Waals surface area (Å²) in [6, 6.07) is 6.44. The average Bonchev–Trinajstić information content (AvgIpc) is 2.55. The molecule has 0 aliphatic heterocycles. The monoisotopic (exact) mass is 338 g/mol. The summed E-state index contributed by atoms with van der Waals surface area (Å²) in [6.07, 6.45) is 2.55. The molecule has 1 aromatic rings. The lowest BCUT2D eigenvalue weighted by Gasteiger charge is -2.15. The second-order valence-electron chi connectivity index (χ2n) is 6.02. The first kappa shape index (κ1) is 20.1. The van der Waals surface area contributed by atoms with E-state index in [4.69, 9.17) is 14.6 Å². The number of Topliss-reactive ketones (excluding diaryl/α,β-unsaturated/α-hetero) is 1. The lowest BCUT2D eigenvalue weighted by Crippen LogP contribution is -2.30. The number of esters is 1. The Hall–Kier alpha value is -1.92. The molecule has 6 nitrogen and oxygen atoms in total. The van der Waals surface area contributed by atoms with Crippen molar-refractivity contribution in [2.45, 2.75) is 45.1 Å². The highest BCUT2D eigenvalue weighted by molar-refractivity contribution is 6.01. The summed E-state index contributed by atoms with van der Waals surface area (Å²) in [5.74, 6) is -0.0758. The van der Waals surface area contributed by atoms with Crippen molar-refractivity contribution in [1.82, 2.24) is 0 Å². The van der Waals surface area contributed by atoms with Gasteiger partial charge in [0.1, 0.15) is 24.6 Å². The van der Waals surface area contributed by atoms with Gasteiger partial charge in [0.15, 0.2) is 5.78 Å². The highest BCUT2D eigenvalue weighted by atomic mass is 16.6. The first-order valence-corrected chi connectivity index (χ1v) is 8.11. The van der Waals surface area contributed by atoms with Crippen LogP contribution < -0.4 is 4.74 Å². The average molecular weight is 338 g/mol. The minimum absolute atomic E-state index is 0.142. The van der Waals surface area contributed by atoms with Crippen LogP contribution in [0.4, 0.5) is 0 Å². The van der Waals surface area contributed by atoms with Crippen molar-refractivity contribution in [2.24, 2.45) is 0 Å². The summed E-state index contributed by atoms with van der Waals surface area (Å²) in [5, 5.41) is 18.3. The Labute approximate surface area is 142 Å². The third-order valence-electron chi connectivity index (χ3n) is 3.33. The van der Waals surface area contributed by atoms with Crippen LogP contribution in [0.5, 0.6) is 5.75 Å². The molecule has 0 unspecified atom stereocenters. The van der Waals surface area contributed by atoms with Crippen molar-refractivity contribution in [3.8, 4) is 5.75 Å². The highest BCUT2D eigenvalue weighted by Gasteiger charge is 2.24. The van der Waals surface area contributed by atoms with Crippen molar-refractivity contribution in [3.05, 3.63) is 29.8 Å². The van der Waals surface area contributed by atoms with Crippen molar-refractivity contribution in [1.29, 1.82) is 0 Å². The van der Waals surface area contributed by atoms with Crippen LogP contribution in [0.25, 0.3) is 0 Å². The second-order valence-corrected chi connectivity index (χ2v) is 6.02. The Morgan fingerprint density at radius 3 is 2.29 bits per heavy atom. The zero-order chi connectivity index (χ0) is 18.0. The standard InChI is InChI=1S/C18H26O6/c1-18(2,22)17(21)14-7-9-15(10-8-14)23-12-13-24-16(20)6-4-3-5-11-19/h7-10,19,22H,3-6,11-13H2,1-2H3. The number of benzene rings is 1. The third-order valence-corrected chi connectivity index (χ3v) is 3.33. The number of hydrogen-bond acceptors (Lipinski definition) is 6. The third kappa shape index (κ3) is 7.57. The van der Waals surface area contributed by atoms with Crippen LogP contribution in [0.15, 0.2) is 24.3 Å². The first-order valence-electron chi connectivity index (χ1n) is 8.11. The molecule has 1 rings (SSSR count). The molecule has 0 fully saturated rings. The summed E-state index contributed by atoms with van der Waals surface area (Å²) in [7, 11) is 0. The highest BCUT2D eigenvalue weighted by Crippen LogP contribution is 2.17. The van der Waals surface area contributed by atoms with Gasteiger partial charge in [-0.05, 0) is 51.0 Å². The van der Waals surface area contributed by atoms with E-state index in [-0.39, 0.29) is 31.6 Å². The van der Waals surface area contributed by atoms with Gasteiger partial charge in [-0.2, -0.15) is 0 Å². The molecule has 0 saturated heterocycles. The van der Waals surface area contributed by atoms with Crippen LogP contribution in [0.1, 0.15) is 49.9 Å². The molecule has 24 heavy (non-hydrogen) atoms. The molecule has 0 amide bonds. The number of rotatable bonds is 11. The fourth-order valence-corrected chi connectivity index (χ4v) is 2.00. The predicted octanol–water partition coefficient (Wildman–Crippen LogP) is 2.11. The minimum Gasteiger partial charge on any atom is -0.490 e. The van der Waals surface area contributed by atoms with E-state index in [9.17, 15) is 14.7 Å². The number of unbranched alkanes of at least 4 members (excludes halogenated alkanes) is 2. The molecular formula is C18H26O6. The van der Waals surface area contributed by atoms with Crippen molar-refractivity contribution in [3.63, 3.8) is 0 Å². The number of aliphatic hydroxyl groups excluding tert-OH is 1. The Balaban J connectivity index is 2.26. The summed E-state index contributed by atoms with van der Waals surface area (Å²) < 4.78 is 10.5. The zero-order valence-corrected chi connectivity index (χ0v) is 14.3. The molecule has 6 heteroatoms. The van der Waals surface area contributed by atoms with E-state index in [1.54, 1.807) is 24.3 Å². The normalized spacial score (nSPS) is 11.2. The fraction of sp³-hybridized carbons (Fsp3) is 0.556. The lowest BCUT2D eigenvalue weighted by molar-refractivity contribution is -0.144. The number of ketones is 1. The topological polar surface area (TPSA) is 93.1 Å². The molecular weight excluding hydrogens is 312 g/mol. The Kier molecular flexibility index (Phi) is 8.43. The molecule has 0 atom stereocenters. The zero-order valence-electron chi connectivity index (χ0n) is 14.3. The molecule has 1 aromatic carbocycles. The van der Waals surface area contributed by atoms with Crippen LogP contribution in [0, 0.1) is 0 Å².